The van der Waals surface area contributed by atoms with Crippen molar-refractivity contribution in [1.29, 1.82) is 0 Å². The predicted octanol–water partition coefficient (Wildman–Crippen LogP) is 4.39. The largest absolute Gasteiger partial charge is 0.506 e. The highest BCUT2D eigenvalue weighted by molar-refractivity contribution is 6.36. The lowest BCUT2D eigenvalue weighted by Gasteiger charge is -2.05. The summed E-state index contributed by atoms with van der Waals surface area (Å²) in [6.45, 7) is 2.28. The van der Waals surface area contributed by atoms with Crippen LogP contribution in [0, 0.1) is 5.82 Å². The van der Waals surface area contributed by atoms with E-state index in [-0.39, 0.29) is 21.9 Å². The molecule has 0 saturated heterocycles. The summed E-state index contributed by atoms with van der Waals surface area (Å²) in [5.41, 5.74) is 0.825. The Morgan fingerprint density at radius 3 is 2.86 bits per heavy atom. The SMILES string of the molecule is CCOc1ccc(-c2noc3c(Cl)c(O)ccc23)c(F)c1. The van der Waals surface area contributed by atoms with Crippen molar-refractivity contribution in [2.24, 2.45) is 0 Å². The first-order chi connectivity index (χ1) is 10.1. The molecule has 4 nitrogen and oxygen atoms in total. The van der Waals surface area contributed by atoms with E-state index >= 15 is 0 Å². The molecule has 0 amide bonds. The third-order valence-electron chi connectivity index (χ3n) is 3.07. The molecule has 0 atom stereocenters. The van der Waals surface area contributed by atoms with Gasteiger partial charge in [-0.2, -0.15) is 0 Å². The molecule has 3 rings (SSSR count). The average Bonchev–Trinajstić information content (AvgIpc) is 2.88. The minimum Gasteiger partial charge on any atom is -0.506 e. The minimum atomic E-state index is -0.472. The molecule has 6 heteroatoms. The summed E-state index contributed by atoms with van der Waals surface area (Å²) in [7, 11) is 0. The summed E-state index contributed by atoms with van der Waals surface area (Å²) in [6, 6.07) is 7.51. The van der Waals surface area contributed by atoms with Gasteiger partial charge in [0.1, 0.15) is 28.0 Å². The molecule has 0 unspecified atom stereocenters. The standard InChI is InChI=1S/C15H11ClFNO3/c1-2-20-8-3-4-9(11(17)7-8)14-10-5-6-12(19)13(16)15(10)21-18-14/h3-7,19H,2H2,1H3. The van der Waals surface area contributed by atoms with Crippen molar-refractivity contribution < 1.29 is 18.8 Å². The lowest BCUT2D eigenvalue weighted by molar-refractivity contribution is 0.338. The number of halogens is 2. The van der Waals surface area contributed by atoms with Gasteiger partial charge in [0.05, 0.1) is 12.0 Å². The molecule has 1 heterocycles. The molecule has 1 aromatic heterocycles. The highest BCUT2D eigenvalue weighted by Gasteiger charge is 2.18. The zero-order valence-electron chi connectivity index (χ0n) is 11.1. The maximum absolute atomic E-state index is 14.2. The van der Waals surface area contributed by atoms with E-state index < -0.39 is 5.82 Å². The predicted molar refractivity (Wildman–Crippen MR) is 77.2 cm³/mol. The van der Waals surface area contributed by atoms with Crippen LogP contribution < -0.4 is 4.74 Å². The first-order valence-corrected chi connectivity index (χ1v) is 6.69. The third-order valence-corrected chi connectivity index (χ3v) is 3.43. The lowest BCUT2D eigenvalue weighted by Crippen LogP contribution is -1.93. The summed E-state index contributed by atoms with van der Waals surface area (Å²) < 4.78 is 24.6. The number of rotatable bonds is 3. The maximum atomic E-state index is 14.2. The number of phenols is 1. The van der Waals surface area contributed by atoms with Crippen LogP contribution in [0.1, 0.15) is 6.92 Å². The van der Waals surface area contributed by atoms with Crippen LogP contribution in [0.15, 0.2) is 34.9 Å². The summed E-state index contributed by atoms with van der Waals surface area (Å²) in [5.74, 6) is -0.137. The van der Waals surface area contributed by atoms with E-state index in [2.05, 4.69) is 5.16 Å². The summed E-state index contributed by atoms with van der Waals surface area (Å²) in [4.78, 5) is 0. The highest BCUT2D eigenvalue weighted by Crippen LogP contribution is 2.37. The van der Waals surface area contributed by atoms with Gasteiger partial charge in [-0.15, -0.1) is 0 Å². The number of phenolic OH excluding ortho intramolecular Hbond substituents is 1. The first-order valence-electron chi connectivity index (χ1n) is 6.31. The molecule has 0 aliphatic rings. The van der Waals surface area contributed by atoms with Gasteiger partial charge in [0, 0.05) is 11.6 Å². The number of hydrogen-bond donors (Lipinski definition) is 1. The van der Waals surface area contributed by atoms with Gasteiger partial charge in [-0.3, -0.25) is 0 Å². The molecule has 1 N–H and O–H groups in total. The first kappa shape index (κ1) is 13.7. The second kappa shape index (κ2) is 5.26. The third kappa shape index (κ3) is 2.29. The van der Waals surface area contributed by atoms with Crippen LogP contribution in [0.5, 0.6) is 11.5 Å². The zero-order chi connectivity index (χ0) is 15.0. The monoisotopic (exact) mass is 307 g/mol. The van der Waals surface area contributed by atoms with Crippen LogP contribution in [0.2, 0.25) is 5.02 Å². The summed E-state index contributed by atoms with van der Waals surface area (Å²) in [5, 5.41) is 14.0. The van der Waals surface area contributed by atoms with Gasteiger partial charge in [0.2, 0.25) is 0 Å². The fraction of sp³-hybridized carbons (Fsp3) is 0.133. The van der Waals surface area contributed by atoms with E-state index in [1.807, 2.05) is 6.92 Å². The summed E-state index contributed by atoms with van der Waals surface area (Å²) in [6.07, 6.45) is 0. The zero-order valence-corrected chi connectivity index (χ0v) is 11.8. The summed E-state index contributed by atoms with van der Waals surface area (Å²) >= 11 is 5.94. The number of aromatic hydroxyl groups is 1. The average molecular weight is 308 g/mol. The van der Waals surface area contributed by atoms with Gasteiger partial charge < -0.3 is 14.4 Å². The van der Waals surface area contributed by atoms with Crippen molar-refractivity contribution in [3.8, 4) is 22.8 Å². The Balaban J connectivity index is 2.15. The van der Waals surface area contributed by atoms with Gasteiger partial charge >= 0.3 is 0 Å². The molecule has 0 spiro atoms. The number of ether oxygens (including phenoxy) is 1. The normalized spacial score (nSPS) is 11.0. The van der Waals surface area contributed by atoms with Crippen LogP contribution >= 0.6 is 11.6 Å². The van der Waals surface area contributed by atoms with E-state index in [4.69, 9.17) is 20.9 Å². The maximum Gasteiger partial charge on any atom is 0.189 e. The Morgan fingerprint density at radius 1 is 1.33 bits per heavy atom. The van der Waals surface area contributed by atoms with Crippen molar-refractivity contribution in [3.05, 3.63) is 41.2 Å². The Hall–Kier alpha value is -2.27. The van der Waals surface area contributed by atoms with E-state index in [9.17, 15) is 9.50 Å². The highest BCUT2D eigenvalue weighted by atomic mass is 35.5. The van der Waals surface area contributed by atoms with Crippen LogP contribution in [-0.2, 0) is 0 Å². The minimum absolute atomic E-state index is 0.0533. The number of fused-ring (bicyclic) bond motifs is 1. The molecule has 0 saturated carbocycles. The number of benzene rings is 2. The van der Waals surface area contributed by atoms with Crippen LogP contribution in [0.4, 0.5) is 4.39 Å². The fourth-order valence-corrected chi connectivity index (χ4v) is 2.30. The van der Waals surface area contributed by atoms with Crippen LogP contribution in [0.3, 0.4) is 0 Å². The van der Waals surface area contributed by atoms with Crippen molar-refractivity contribution >= 4 is 22.6 Å². The Bertz CT molecular complexity index is 816. The molecule has 0 bridgehead atoms. The lowest BCUT2D eigenvalue weighted by atomic mass is 10.1. The molecular weight excluding hydrogens is 297 g/mol. The van der Waals surface area contributed by atoms with E-state index in [0.717, 1.165) is 0 Å². The quantitative estimate of drug-likeness (QED) is 0.779. The second-order valence-electron chi connectivity index (χ2n) is 4.38. The topological polar surface area (TPSA) is 55.5 Å². The van der Waals surface area contributed by atoms with E-state index in [1.165, 1.54) is 12.1 Å². The van der Waals surface area contributed by atoms with Crippen LogP contribution in [0.25, 0.3) is 22.2 Å². The number of aromatic nitrogens is 1. The van der Waals surface area contributed by atoms with E-state index in [1.54, 1.807) is 18.2 Å². The van der Waals surface area contributed by atoms with Gasteiger partial charge in [0.25, 0.3) is 0 Å². The van der Waals surface area contributed by atoms with Crippen molar-refractivity contribution in [1.82, 2.24) is 5.16 Å². The van der Waals surface area contributed by atoms with E-state index in [0.29, 0.717) is 23.4 Å². The molecule has 21 heavy (non-hydrogen) atoms. The van der Waals surface area contributed by atoms with Crippen molar-refractivity contribution in [2.45, 2.75) is 6.92 Å². The Morgan fingerprint density at radius 2 is 2.14 bits per heavy atom. The Kier molecular flexibility index (Phi) is 3.43. The van der Waals surface area contributed by atoms with Gasteiger partial charge in [-0.05, 0) is 31.2 Å². The van der Waals surface area contributed by atoms with Crippen molar-refractivity contribution in [3.63, 3.8) is 0 Å². The molecule has 0 fully saturated rings. The molecule has 0 radical (unpaired) electrons. The molecule has 3 aromatic rings. The second-order valence-corrected chi connectivity index (χ2v) is 4.76. The number of hydrogen-bond acceptors (Lipinski definition) is 4. The molecule has 108 valence electrons. The van der Waals surface area contributed by atoms with Crippen LogP contribution in [-0.4, -0.2) is 16.9 Å². The van der Waals surface area contributed by atoms with Gasteiger partial charge in [-0.25, -0.2) is 4.39 Å². The fourth-order valence-electron chi connectivity index (χ4n) is 2.10. The Labute approximate surface area is 124 Å². The molecular formula is C15H11ClFNO3. The van der Waals surface area contributed by atoms with Gasteiger partial charge in [0.15, 0.2) is 5.58 Å². The molecule has 0 aliphatic heterocycles. The smallest absolute Gasteiger partial charge is 0.189 e. The molecule has 2 aromatic carbocycles. The van der Waals surface area contributed by atoms with Gasteiger partial charge in [-0.1, -0.05) is 16.8 Å². The molecule has 0 aliphatic carbocycles. The number of nitrogens with zero attached hydrogens (tertiary/aromatic N) is 1. The van der Waals surface area contributed by atoms with Crippen molar-refractivity contribution in [2.75, 3.05) is 6.61 Å².